The van der Waals surface area contributed by atoms with Crippen LogP contribution < -0.4 is 11.1 Å². The van der Waals surface area contributed by atoms with Crippen LogP contribution in [0.1, 0.15) is 6.92 Å². The van der Waals surface area contributed by atoms with Crippen LogP contribution in [0.25, 0.3) is 0 Å². The Balaban J connectivity index is 0. The zero-order chi connectivity index (χ0) is 11.0. The van der Waals surface area contributed by atoms with Crippen LogP contribution in [0.15, 0.2) is 0 Å². The second kappa shape index (κ2) is 8.96. The molecule has 90 valence electrons. The minimum absolute atomic E-state index is 0. The molecule has 0 aliphatic rings. The van der Waals surface area contributed by atoms with Crippen LogP contribution in [-0.4, -0.2) is 43.2 Å². The van der Waals surface area contributed by atoms with Gasteiger partial charge < -0.3 is 21.2 Å². The quantitative estimate of drug-likeness (QED) is 0.220. The maximum atomic E-state index is 11.3. The van der Waals surface area contributed by atoms with Crippen LogP contribution in [0, 0.1) is 5.41 Å². The molecule has 15 heavy (non-hydrogen) atoms. The normalized spacial score (nSPS) is 13.5. The van der Waals surface area contributed by atoms with Gasteiger partial charge in [0.1, 0.15) is 12.1 Å². The second-order valence-electron chi connectivity index (χ2n) is 3.12. The van der Waals surface area contributed by atoms with E-state index in [1.165, 1.54) is 6.21 Å². The van der Waals surface area contributed by atoms with Gasteiger partial charge >= 0.3 is 5.97 Å². The molecule has 0 aliphatic heterocycles. The van der Waals surface area contributed by atoms with Crippen LogP contribution in [0.2, 0.25) is 0 Å². The first-order valence-corrected chi connectivity index (χ1v) is 4.94. The number of hydrogen-bond donors (Lipinski definition) is 4. The first-order valence-electron chi connectivity index (χ1n) is 4.31. The molecule has 1 atom stereocenters. The van der Waals surface area contributed by atoms with Crippen molar-refractivity contribution in [1.82, 2.24) is 5.32 Å². The van der Waals surface area contributed by atoms with E-state index in [4.69, 9.17) is 15.9 Å². The summed E-state index contributed by atoms with van der Waals surface area (Å²) < 4.78 is 4.89. The maximum absolute atomic E-state index is 11.3. The number of carbonyl (C=O) groups excluding carboxylic acids is 1. The molecule has 0 aromatic rings. The van der Waals surface area contributed by atoms with Crippen LogP contribution in [0.3, 0.4) is 0 Å². The summed E-state index contributed by atoms with van der Waals surface area (Å²) in [6, 6.07) is 0. The van der Waals surface area contributed by atoms with E-state index in [0.717, 1.165) is 0 Å². The molecule has 0 aromatic carbocycles. The summed E-state index contributed by atoms with van der Waals surface area (Å²) in [5.41, 5.74) is 4.57. The van der Waals surface area contributed by atoms with E-state index in [1.807, 2.05) is 0 Å². The van der Waals surface area contributed by atoms with E-state index in [-0.39, 0.29) is 24.8 Å². The lowest BCUT2D eigenvalue weighted by molar-refractivity contribution is -0.148. The Kier molecular flexibility index (Phi) is 10.2. The molecule has 0 spiro atoms. The molecule has 0 amide bonds. The summed E-state index contributed by atoms with van der Waals surface area (Å²) in [7, 11) is 0. The SMILES string of the molecule is C[C@@](N)(CS)C(=O)OCCNCC=N.Cl. The Bertz CT molecular complexity index is 202. The van der Waals surface area contributed by atoms with Gasteiger partial charge in [0, 0.05) is 25.1 Å². The maximum Gasteiger partial charge on any atom is 0.326 e. The molecule has 0 unspecified atom stereocenters. The molecule has 7 heteroatoms. The number of rotatable bonds is 7. The van der Waals surface area contributed by atoms with Gasteiger partial charge in [0.05, 0.1) is 0 Å². The number of carbonyl (C=O) groups is 1. The van der Waals surface area contributed by atoms with Gasteiger partial charge in [0.25, 0.3) is 0 Å². The number of hydrogen-bond acceptors (Lipinski definition) is 6. The number of halogens is 1. The fraction of sp³-hybridized carbons (Fsp3) is 0.750. The summed E-state index contributed by atoms with van der Waals surface area (Å²) in [5, 5.41) is 9.61. The number of nitrogens with one attached hydrogen (secondary N) is 2. The van der Waals surface area contributed by atoms with Gasteiger partial charge in [-0.15, -0.1) is 12.4 Å². The van der Waals surface area contributed by atoms with Crippen molar-refractivity contribution in [2.24, 2.45) is 5.73 Å². The van der Waals surface area contributed by atoms with E-state index in [0.29, 0.717) is 13.1 Å². The standard InChI is InChI=1S/C8H17N3O2S.ClH/c1-8(10,6-14)7(12)13-5-4-11-3-2-9;/h2,9,11,14H,3-6,10H2,1H3;1H/t8-;/m1./s1. The van der Waals surface area contributed by atoms with Crippen molar-refractivity contribution >= 4 is 37.2 Å². The number of nitrogens with two attached hydrogens (primary N) is 1. The highest BCUT2D eigenvalue weighted by Gasteiger charge is 2.27. The van der Waals surface area contributed by atoms with Crippen LogP contribution in [-0.2, 0) is 9.53 Å². The van der Waals surface area contributed by atoms with Gasteiger partial charge in [-0.3, -0.25) is 4.79 Å². The average molecular weight is 256 g/mol. The van der Waals surface area contributed by atoms with E-state index < -0.39 is 11.5 Å². The molecule has 0 aliphatic carbocycles. The zero-order valence-electron chi connectivity index (χ0n) is 8.66. The Morgan fingerprint density at radius 3 is 2.80 bits per heavy atom. The molecule has 0 fully saturated rings. The Labute approximate surface area is 101 Å². The minimum Gasteiger partial charge on any atom is -0.463 e. The predicted octanol–water partition coefficient (Wildman–Crippen LogP) is -0.162. The first kappa shape index (κ1) is 17.1. The molecule has 0 bridgehead atoms. The van der Waals surface area contributed by atoms with Crippen LogP contribution in [0.5, 0.6) is 0 Å². The van der Waals surface area contributed by atoms with Crippen molar-refractivity contribution in [3.05, 3.63) is 0 Å². The van der Waals surface area contributed by atoms with Crippen molar-refractivity contribution in [2.75, 3.05) is 25.4 Å². The third-order valence-corrected chi connectivity index (χ3v) is 2.21. The average Bonchev–Trinajstić information content (AvgIpc) is 2.17. The molecule has 4 N–H and O–H groups in total. The minimum atomic E-state index is -1.02. The molecule has 0 saturated carbocycles. The van der Waals surface area contributed by atoms with E-state index in [9.17, 15) is 4.79 Å². The van der Waals surface area contributed by atoms with Gasteiger partial charge in [0.15, 0.2) is 0 Å². The molecule has 0 heterocycles. The van der Waals surface area contributed by atoms with Gasteiger partial charge in [-0.05, 0) is 6.92 Å². The fourth-order valence-corrected chi connectivity index (χ4v) is 0.749. The molecular weight excluding hydrogens is 238 g/mol. The lowest BCUT2D eigenvalue weighted by atomic mass is 10.1. The highest BCUT2D eigenvalue weighted by molar-refractivity contribution is 7.80. The monoisotopic (exact) mass is 255 g/mol. The summed E-state index contributed by atoms with van der Waals surface area (Å²) in [6.45, 7) is 2.83. The van der Waals surface area contributed by atoms with Gasteiger partial charge in [0.2, 0.25) is 0 Å². The molecule has 5 nitrogen and oxygen atoms in total. The van der Waals surface area contributed by atoms with Gasteiger partial charge in [-0.2, -0.15) is 12.6 Å². The number of esters is 1. The summed E-state index contributed by atoms with van der Waals surface area (Å²) >= 11 is 3.95. The highest BCUT2D eigenvalue weighted by atomic mass is 35.5. The van der Waals surface area contributed by atoms with Crippen LogP contribution >= 0.6 is 25.0 Å². The third kappa shape index (κ3) is 7.61. The summed E-state index contributed by atoms with van der Waals surface area (Å²) in [4.78, 5) is 11.3. The predicted molar refractivity (Wildman–Crippen MR) is 66.3 cm³/mol. The topological polar surface area (TPSA) is 88.2 Å². The van der Waals surface area contributed by atoms with Crippen molar-refractivity contribution in [1.29, 1.82) is 5.41 Å². The Hall–Kier alpha value is -0.300. The van der Waals surface area contributed by atoms with E-state index >= 15 is 0 Å². The molecule has 0 saturated heterocycles. The highest BCUT2D eigenvalue weighted by Crippen LogP contribution is 2.03. The second-order valence-corrected chi connectivity index (χ2v) is 3.44. The Morgan fingerprint density at radius 2 is 2.33 bits per heavy atom. The lowest BCUT2D eigenvalue weighted by Crippen LogP contribution is -2.48. The van der Waals surface area contributed by atoms with Crippen LogP contribution in [0.4, 0.5) is 0 Å². The summed E-state index contributed by atoms with van der Waals surface area (Å²) in [6.07, 6.45) is 1.24. The lowest BCUT2D eigenvalue weighted by Gasteiger charge is -2.19. The van der Waals surface area contributed by atoms with E-state index in [1.54, 1.807) is 6.92 Å². The molecular formula is C8H18ClN3O2S. The largest absolute Gasteiger partial charge is 0.463 e. The first-order chi connectivity index (χ1) is 6.54. The van der Waals surface area contributed by atoms with Crippen molar-refractivity contribution in [2.45, 2.75) is 12.5 Å². The van der Waals surface area contributed by atoms with Crippen molar-refractivity contribution in [3.8, 4) is 0 Å². The smallest absolute Gasteiger partial charge is 0.326 e. The van der Waals surface area contributed by atoms with Crippen molar-refractivity contribution < 1.29 is 9.53 Å². The van der Waals surface area contributed by atoms with Crippen molar-refractivity contribution in [3.63, 3.8) is 0 Å². The molecule has 0 rings (SSSR count). The van der Waals surface area contributed by atoms with Gasteiger partial charge in [-0.1, -0.05) is 0 Å². The summed E-state index contributed by atoms with van der Waals surface area (Å²) in [5.74, 6) is -0.205. The number of thiol groups is 1. The number of ether oxygens (including phenoxy) is 1. The van der Waals surface area contributed by atoms with Gasteiger partial charge in [-0.25, -0.2) is 0 Å². The zero-order valence-corrected chi connectivity index (χ0v) is 10.4. The molecule has 0 aromatic heterocycles. The fourth-order valence-electron chi connectivity index (χ4n) is 0.620. The molecule has 0 radical (unpaired) electrons. The third-order valence-electron chi connectivity index (χ3n) is 1.55. The van der Waals surface area contributed by atoms with E-state index in [2.05, 4.69) is 17.9 Å². The Morgan fingerprint density at radius 1 is 1.73 bits per heavy atom.